The number of nitrogens with zero attached hydrogens (tertiary/aromatic N) is 3. The molecule has 0 aromatic carbocycles. The van der Waals surface area contributed by atoms with Gasteiger partial charge < -0.3 is 15.5 Å². The highest BCUT2D eigenvalue weighted by atomic mass is 32.2. The number of anilines is 1. The van der Waals surface area contributed by atoms with Gasteiger partial charge in [0.1, 0.15) is 21.3 Å². The first-order valence-corrected chi connectivity index (χ1v) is 16.6. The van der Waals surface area contributed by atoms with E-state index in [0.29, 0.717) is 18.7 Å². The number of alkyl halides is 2. The zero-order chi connectivity index (χ0) is 28.2. The monoisotopic (exact) mass is 593 g/mol. The summed E-state index contributed by atoms with van der Waals surface area (Å²) in [5.41, 5.74) is -0.366. The Morgan fingerprint density at radius 2 is 1.75 bits per heavy atom. The van der Waals surface area contributed by atoms with Gasteiger partial charge in [-0.2, -0.15) is 0 Å². The molecule has 2 aromatic rings. The van der Waals surface area contributed by atoms with Crippen molar-refractivity contribution < 1.29 is 26.8 Å². The Labute approximate surface area is 236 Å². The van der Waals surface area contributed by atoms with Crippen molar-refractivity contribution in [3.05, 3.63) is 28.5 Å². The number of fused-ring (bicyclic) bond motifs is 2. The lowest BCUT2D eigenvalue weighted by molar-refractivity contribution is 0.0725. The number of aromatic nitrogens is 2. The summed E-state index contributed by atoms with van der Waals surface area (Å²) in [6.45, 7) is 2.03. The highest BCUT2D eigenvalue weighted by molar-refractivity contribution is 7.91. The van der Waals surface area contributed by atoms with E-state index < -0.39 is 22.2 Å². The smallest absolute Gasteiger partial charge is 0.280 e. The quantitative estimate of drug-likeness (QED) is 0.482. The Morgan fingerprint density at radius 3 is 2.33 bits per heavy atom. The fourth-order valence-electron chi connectivity index (χ4n) is 6.44. The van der Waals surface area contributed by atoms with Gasteiger partial charge in [0.25, 0.3) is 18.2 Å². The van der Waals surface area contributed by atoms with Crippen molar-refractivity contribution in [1.29, 1.82) is 0 Å². The van der Waals surface area contributed by atoms with Crippen LogP contribution in [0.4, 0.5) is 14.6 Å². The maximum Gasteiger partial charge on any atom is 0.280 e. The third-order valence-electron chi connectivity index (χ3n) is 8.90. The van der Waals surface area contributed by atoms with Crippen LogP contribution < -0.4 is 10.6 Å². The summed E-state index contributed by atoms with van der Waals surface area (Å²) in [6, 6.07) is 1.18. The lowest BCUT2D eigenvalue weighted by Crippen LogP contribution is -2.41. The van der Waals surface area contributed by atoms with Gasteiger partial charge in [0.05, 0.1) is 16.4 Å². The molecule has 1 aliphatic carbocycles. The van der Waals surface area contributed by atoms with E-state index in [1.807, 2.05) is 11.8 Å². The first kappa shape index (κ1) is 27.5. The van der Waals surface area contributed by atoms with Crippen LogP contribution in [0.5, 0.6) is 0 Å². The van der Waals surface area contributed by atoms with Gasteiger partial charge in [0.15, 0.2) is 5.01 Å². The molecule has 0 spiro atoms. The number of sulfone groups is 1. The molecule has 13 heteroatoms. The molecular weight excluding hydrogens is 560 g/mol. The third kappa shape index (κ3) is 5.22. The van der Waals surface area contributed by atoms with Crippen molar-refractivity contribution in [3.8, 4) is 10.4 Å². The third-order valence-corrected chi connectivity index (χ3v) is 11.7. The molecule has 0 unspecified atom stereocenters. The molecular formula is C27H33F2N5O4S2. The maximum absolute atomic E-state index is 14.4. The van der Waals surface area contributed by atoms with Crippen molar-refractivity contribution in [2.45, 2.75) is 94.8 Å². The van der Waals surface area contributed by atoms with E-state index in [9.17, 15) is 26.8 Å². The lowest BCUT2D eigenvalue weighted by atomic mass is 9.78. The molecule has 40 heavy (non-hydrogen) atoms. The highest BCUT2D eigenvalue weighted by Gasteiger charge is 2.44. The van der Waals surface area contributed by atoms with Crippen LogP contribution in [0.3, 0.4) is 0 Å². The number of thiazole rings is 1. The Morgan fingerprint density at radius 1 is 1.10 bits per heavy atom. The van der Waals surface area contributed by atoms with E-state index in [0.717, 1.165) is 56.3 Å². The van der Waals surface area contributed by atoms with Gasteiger partial charge in [0, 0.05) is 41.0 Å². The van der Waals surface area contributed by atoms with E-state index in [-0.39, 0.29) is 67.8 Å². The summed E-state index contributed by atoms with van der Waals surface area (Å²) < 4.78 is 52.4. The number of carbonyl (C=O) groups excluding carboxylic acids is 2. The summed E-state index contributed by atoms with van der Waals surface area (Å²) >= 11 is 0.903. The standard InChI is InChI=1S/C27H33F2N5O4S2/c1-27(9-2-10-27)33-20-13-18(23(28)29)19(14-30-20)22-21(26(36)34-16-3-4-17(34)6-5-16)32-25(39-22)24(35)31-15-7-11-40(37,38)12-8-15/h13-17,23H,2-12H2,1H3,(H,30,33)(H,31,35). The van der Waals surface area contributed by atoms with E-state index in [1.54, 1.807) is 0 Å². The van der Waals surface area contributed by atoms with Gasteiger partial charge in [-0.3, -0.25) is 9.59 Å². The number of carbonyl (C=O) groups is 2. The van der Waals surface area contributed by atoms with Gasteiger partial charge in [-0.25, -0.2) is 27.2 Å². The minimum atomic E-state index is -3.10. The number of hydrogen-bond acceptors (Lipinski definition) is 8. The van der Waals surface area contributed by atoms with Gasteiger partial charge in [-0.1, -0.05) is 0 Å². The Balaban J connectivity index is 1.35. The molecule has 5 heterocycles. The lowest BCUT2D eigenvalue weighted by Gasteiger charge is -2.39. The largest absolute Gasteiger partial charge is 0.365 e. The maximum atomic E-state index is 14.4. The van der Waals surface area contributed by atoms with Crippen LogP contribution >= 0.6 is 11.3 Å². The Hall–Kier alpha value is -2.67. The van der Waals surface area contributed by atoms with Gasteiger partial charge in [-0.15, -0.1) is 11.3 Å². The van der Waals surface area contributed by atoms with Crippen LogP contribution in [0.2, 0.25) is 0 Å². The molecule has 4 fully saturated rings. The average Bonchev–Trinajstić information content (AvgIpc) is 3.63. The number of pyridine rings is 1. The van der Waals surface area contributed by atoms with E-state index in [4.69, 9.17) is 0 Å². The molecule has 3 saturated heterocycles. The number of amides is 2. The molecule has 4 aliphatic rings. The molecule has 6 rings (SSSR count). The number of rotatable bonds is 7. The van der Waals surface area contributed by atoms with Crippen molar-refractivity contribution in [2.75, 3.05) is 16.8 Å². The van der Waals surface area contributed by atoms with Crippen LogP contribution in [0.15, 0.2) is 12.3 Å². The molecule has 2 aromatic heterocycles. The predicted octanol–water partition coefficient (Wildman–Crippen LogP) is 4.57. The zero-order valence-electron chi connectivity index (χ0n) is 22.3. The van der Waals surface area contributed by atoms with Crippen molar-refractivity contribution >= 4 is 38.8 Å². The van der Waals surface area contributed by atoms with Gasteiger partial charge in [-0.05, 0) is 70.8 Å². The molecule has 2 bridgehead atoms. The summed E-state index contributed by atoms with van der Waals surface area (Å²) in [7, 11) is -3.10. The minimum Gasteiger partial charge on any atom is -0.365 e. The second kappa shape index (κ2) is 10.3. The summed E-state index contributed by atoms with van der Waals surface area (Å²) in [4.78, 5) is 37.9. The highest BCUT2D eigenvalue weighted by Crippen LogP contribution is 2.43. The van der Waals surface area contributed by atoms with E-state index >= 15 is 0 Å². The normalized spacial score (nSPS) is 25.1. The van der Waals surface area contributed by atoms with Gasteiger partial charge >= 0.3 is 0 Å². The topological polar surface area (TPSA) is 121 Å². The van der Waals surface area contributed by atoms with Crippen LogP contribution in [-0.2, 0) is 9.84 Å². The summed E-state index contributed by atoms with van der Waals surface area (Å²) in [6.07, 6.45) is 5.63. The van der Waals surface area contributed by atoms with Crippen LogP contribution in [0.25, 0.3) is 10.4 Å². The molecule has 9 nitrogen and oxygen atoms in total. The van der Waals surface area contributed by atoms with Crippen LogP contribution in [-0.4, -0.2) is 70.3 Å². The van der Waals surface area contributed by atoms with Crippen molar-refractivity contribution in [3.63, 3.8) is 0 Å². The Bertz CT molecular complexity index is 1410. The molecule has 0 atom stereocenters. The fourth-order valence-corrected chi connectivity index (χ4v) is 8.93. The number of nitrogens with one attached hydrogen (secondary N) is 2. The molecule has 2 amide bonds. The van der Waals surface area contributed by atoms with E-state index in [1.165, 1.54) is 12.3 Å². The molecule has 0 radical (unpaired) electrons. The SMILES string of the molecule is CC1(Nc2cc(C(F)F)c(-c3sc(C(=O)NC4CCS(=O)(=O)CC4)nc3C(=O)N3C4CCC3CC4)cn2)CCC1. The predicted molar refractivity (Wildman–Crippen MR) is 148 cm³/mol. The van der Waals surface area contributed by atoms with Crippen LogP contribution in [0.1, 0.15) is 97.0 Å². The molecule has 1 saturated carbocycles. The molecule has 3 aliphatic heterocycles. The van der Waals surface area contributed by atoms with Crippen molar-refractivity contribution in [2.24, 2.45) is 0 Å². The second-order valence-corrected chi connectivity index (χ2v) is 15.1. The van der Waals surface area contributed by atoms with E-state index in [2.05, 4.69) is 20.6 Å². The van der Waals surface area contributed by atoms with Crippen molar-refractivity contribution in [1.82, 2.24) is 20.2 Å². The zero-order valence-corrected chi connectivity index (χ0v) is 23.9. The second-order valence-electron chi connectivity index (χ2n) is 11.8. The number of hydrogen-bond donors (Lipinski definition) is 2. The van der Waals surface area contributed by atoms with Gasteiger partial charge in [0.2, 0.25) is 0 Å². The molecule has 2 N–H and O–H groups in total. The first-order chi connectivity index (χ1) is 19.0. The molecule has 216 valence electrons. The summed E-state index contributed by atoms with van der Waals surface area (Å²) in [5.74, 6) is -0.553. The first-order valence-electron chi connectivity index (χ1n) is 13.9. The van der Waals surface area contributed by atoms with Crippen LogP contribution in [0, 0.1) is 0 Å². The summed E-state index contributed by atoms with van der Waals surface area (Å²) in [5, 5.41) is 6.09. The average molecular weight is 594 g/mol. The fraction of sp³-hybridized carbons (Fsp3) is 0.630. The minimum absolute atomic E-state index is 0.00413. The number of halogens is 2. The Kier molecular flexibility index (Phi) is 7.09.